The Balaban J connectivity index is 2.19. The average molecular weight is 285 g/mol. The molecule has 0 aromatic heterocycles. The summed E-state index contributed by atoms with van der Waals surface area (Å²) in [4.78, 5) is 12.1. The Kier molecular flexibility index (Phi) is 5.35. The third kappa shape index (κ3) is 3.83. The van der Waals surface area contributed by atoms with Crippen LogP contribution in [0.3, 0.4) is 0 Å². The largest absolute Gasteiger partial charge is 0.492 e. The van der Waals surface area contributed by atoms with Crippen molar-refractivity contribution in [2.45, 2.75) is 6.61 Å². The van der Waals surface area contributed by atoms with E-state index >= 15 is 0 Å². The smallest absolute Gasteiger partial charge is 0.180 e. The molecule has 0 spiro atoms. The fourth-order valence-corrected chi connectivity index (χ4v) is 2.05. The standard InChI is InChI=1S/C17H19NO3/c1-18-11-15(19)14-9-6-10-16(17(14)20-2)21-12-13-7-4-3-5-8-13/h3-10,18H,11-12H2,1-2H3. The molecule has 21 heavy (non-hydrogen) atoms. The van der Waals surface area contributed by atoms with Crippen LogP contribution in [0.4, 0.5) is 0 Å². The van der Waals surface area contributed by atoms with Gasteiger partial charge < -0.3 is 14.8 Å². The number of methoxy groups -OCH3 is 1. The molecule has 1 N–H and O–H groups in total. The molecule has 0 aliphatic carbocycles. The van der Waals surface area contributed by atoms with Gasteiger partial charge in [0.1, 0.15) is 6.61 Å². The summed E-state index contributed by atoms with van der Waals surface area (Å²) in [5.41, 5.74) is 1.59. The minimum Gasteiger partial charge on any atom is -0.492 e. The van der Waals surface area contributed by atoms with E-state index in [0.717, 1.165) is 5.56 Å². The third-order valence-corrected chi connectivity index (χ3v) is 3.06. The second-order valence-corrected chi connectivity index (χ2v) is 4.56. The molecule has 2 aromatic rings. The van der Waals surface area contributed by atoms with Crippen LogP contribution in [0.25, 0.3) is 0 Å². The minimum atomic E-state index is -0.0282. The van der Waals surface area contributed by atoms with Gasteiger partial charge in [0.2, 0.25) is 0 Å². The average Bonchev–Trinajstić information content (AvgIpc) is 2.53. The lowest BCUT2D eigenvalue weighted by atomic mass is 10.1. The van der Waals surface area contributed by atoms with Gasteiger partial charge in [0, 0.05) is 0 Å². The molecule has 0 saturated heterocycles. The molecule has 2 aromatic carbocycles. The molecule has 4 heteroatoms. The lowest BCUT2D eigenvalue weighted by molar-refractivity contribution is 0.0989. The van der Waals surface area contributed by atoms with Gasteiger partial charge >= 0.3 is 0 Å². The van der Waals surface area contributed by atoms with E-state index in [-0.39, 0.29) is 12.3 Å². The van der Waals surface area contributed by atoms with Crippen LogP contribution in [0.2, 0.25) is 0 Å². The molecular formula is C17H19NO3. The van der Waals surface area contributed by atoms with Crippen molar-refractivity contribution in [3.63, 3.8) is 0 Å². The highest BCUT2D eigenvalue weighted by Crippen LogP contribution is 2.31. The fourth-order valence-electron chi connectivity index (χ4n) is 2.05. The van der Waals surface area contributed by atoms with E-state index in [4.69, 9.17) is 9.47 Å². The first-order valence-electron chi connectivity index (χ1n) is 6.77. The maximum Gasteiger partial charge on any atom is 0.180 e. The summed E-state index contributed by atoms with van der Waals surface area (Å²) in [6.45, 7) is 0.694. The Labute approximate surface area is 124 Å². The fraction of sp³-hybridized carbons (Fsp3) is 0.235. The van der Waals surface area contributed by atoms with Crippen molar-refractivity contribution >= 4 is 5.78 Å². The summed E-state index contributed by atoms with van der Waals surface area (Å²) in [7, 11) is 3.28. The van der Waals surface area contributed by atoms with E-state index in [1.54, 1.807) is 32.4 Å². The first-order chi connectivity index (χ1) is 10.3. The predicted octanol–water partition coefficient (Wildman–Crippen LogP) is 2.68. The summed E-state index contributed by atoms with van der Waals surface area (Å²) in [6.07, 6.45) is 0. The first kappa shape index (κ1) is 15.1. The quantitative estimate of drug-likeness (QED) is 0.795. The number of ether oxygens (including phenoxy) is 2. The van der Waals surface area contributed by atoms with Gasteiger partial charge in [0.15, 0.2) is 17.3 Å². The number of Topliss-reactive ketones (excluding diaryl/α,β-unsaturated/α-hetero) is 1. The first-order valence-corrected chi connectivity index (χ1v) is 6.77. The maximum atomic E-state index is 12.1. The number of hydrogen-bond acceptors (Lipinski definition) is 4. The zero-order valence-electron chi connectivity index (χ0n) is 12.3. The molecule has 0 unspecified atom stereocenters. The van der Waals surface area contributed by atoms with Crippen LogP contribution in [-0.2, 0) is 6.61 Å². The van der Waals surface area contributed by atoms with Gasteiger partial charge in [-0.1, -0.05) is 36.4 Å². The Morgan fingerprint density at radius 3 is 2.52 bits per heavy atom. The second-order valence-electron chi connectivity index (χ2n) is 4.56. The molecule has 0 aliphatic heterocycles. The van der Waals surface area contributed by atoms with Gasteiger partial charge in [-0.2, -0.15) is 0 Å². The van der Waals surface area contributed by atoms with Gasteiger partial charge in [-0.3, -0.25) is 4.79 Å². The molecular weight excluding hydrogens is 266 g/mol. The summed E-state index contributed by atoms with van der Waals surface area (Å²) >= 11 is 0. The molecule has 0 aliphatic rings. The van der Waals surface area contributed by atoms with Gasteiger partial charge in [0.05, 0.1) is 19.2 Å². The van der Waals surface area contributed by atoms with Crippen molar-refractivity contribution < 1.29 is 14.3 Å². The van der Waals surface area contributed by atoms with E-state index in [0.29, 0.717) is 23.7 Å². The summed E-state index contributed by atoms with van der Waals surface area (Å²) in [6, 6.07) is 15.2. The van der Waals surface area contributed by atoms with Crippen molar-refractivity contribution in [1.29, 1.82) is 0 Å². The highest BCUT2D eigenvalue weighted by Gasteiger charge is 2.16. The topological polar surface area (TPSA) is 47.6 Å². The maximum absolute atomic E-state index is 12.1. The molecule has 0 amide bonds. The zero-order chi connectivity index (χ0) is 15.1. The van der Waals surface area contributed by atoms with Gasteiger partial charge in [-0.15, -0.1) is 0 Å². The van der Waals surface area contributed by atoms with E-state index in [1.807, 2.05) is 30.3 Å². The molecule has 0 bridgehead atoms. The van der Waals surface area contributed by atoms with Crippen LogP contribution in [-0.4, -0.2) is 26.5 Å². The van der Waals surface area contributed by atoms with Crippen LogP contribution in [0.15, 0.2) is 48.5 Å². The summed E-state index contributed by atoms with van der Waals surface area (Å²) < 4.78 is 11.1. The SMILES string of the molecule is CNCC(=O)c1cccc(OCc2ccccc2)c1OC. The minimum absolute atomic E-state index is 0.0282. The number of nitrogens with one attached hydrogen (secondary N) is 1. The van der Waals surface area contributed by atoms with Crippen LogP contribution < -0.4 is 14.8 Å². The van der Waals surface area contributed by atoms with E-state index in [1.165, 1.54) is 0 Å². The molecule has 110 valence electrons. The van der Waals surface area contributed by atoms with Gasteiger partial charge in [-0.05, 0) is 24.7 Å². The molecule has 0 saturated carbocycles. The molecule has 4 nitrogen and oxygen atoms in total. The number of carbonyl (C=O) groups excluding carboxylic acids is 1. The summed E-state index contributed by atoms with van der Waals surface area (Å²) in [5.74, 6) is 1.02. The van der Waals surface area contributed by atoms with Crippen molar-refractivity contribution in [2.24, 2.45) is 0 Å². The van der Waals surface area contributed by atoms with Crippen molar-refractivity contribution in [1.82, 2.24) is 5.32 Å². The van der Waals surface area contributed by atoms with Crippen LogP contribution in [0, 0.1) is 0 Å². The normalized spacial score (nSPS) is 10.2. The van der Waals surface area contributed by atoms with Crippen molar-refractivity contribution in [2.75, 3.05) is 20.7 Å². The number of ketones is 1. The molecule has 0 heterocycles. The highest BCUT2D eigenvalue weighted by atomic mass is 16.5. The zero-order valence-corrected chi connectivity index (χ0v) is 12.3. The predicted molar refractivity (Wildman–Crippen MR) is 82.0 cm³/mol. The van der Waals surface area contributed by atoms with Gasteiger partial charge in [0.25, 0.3) is 0 Å². The van der Waals surface area contributed by atoms with Crippen LogP contribution in [0.1, 0.15) is 15.9 Å². The van der Waals surface area contributed by atoms with Crippen LogP contribution >= 0.6 is 0 Å². The number of benzene rings is 2. The Morgan fingerprint density at radius 2 is 1.86 bits per heavy atom. The van der Waals surface area contributed by atoms with E-state index in [9.17, 15) is 4.79 Å². The lowest BCUT2D eigenvalue weighted by Gasteiger charge is -2.14. The Bertz CT molecular complexity index is 596. The monoisotopic (exact) mass is 285 g/mol. The molecule has 0 radical (unpaired) electrons. The number of para-hydroxylation sites is 1. The number of hydrogen-bond donors (Lipinski definition) is 1. The molecule has 0 atom stereocenters. The molecule has 0 fully saturated rings. The Hall–Kier alpha value is -2.33. The second kappa shape index (κ2) is 7.45. The highest BCUT2D eigenvalue weighted by molar-refractivity contribution is 6.00. The Morgan fingerprint density at radius 1 is 1.10 bits per heavy atom. The van der Waals surface area contributed by atoms with E-state index in [2.05, 4.69) is 5.32 Å². The lowest BCUT2D eigenvalue weighted by Crippen LogP contribution is -2.19. The van der Waals surface area contributed by atoms with Crippen LogP contribution in [0.5, 0.6) is 11.5 Å². The van der Waals surface area contributed by atoms with Gasteiger partial charge in [-0.25, -0.2) is 0 Å². The number of carbonyl (C=O) groups is 1. The molecule has 2 rings (SSSR count). The van der Waals surface area contributed by atoms with Crippen molar-refractivity contribution in [3.8, 4) is 11.5 Å². The number of likely N-dealkylation sites (N-methyl/N-ethyl adjacent to an activating group) is 1. The summed E-state index contributed by atoms with van der Waals surface area (Å²) in [5, 5.41) is 2.85. The third-order valence-electron chi connectivity index (χ3n) is 3.06. The number of rotatable bonds is 7. The van der Waals surface area contributed by atoms with E-state index < -0.39 is 0 Å². The van der Waals surface area contributed by atoms with Crippen molar-refractivity contribution in [3.05, 3.63) is 59.7 Å².